The molecule has 0 amide bonds. The third kappa shape index (κ3) is 2.70. The lowest BCUT2D eigenvalue weighted by Gasteiger charge is -2.29. The van der Waals surface area contributed by atoms with Crippen molar-refractivity contribution in [2.24, 2.45) is 7.05 Å². The molecule has 1 aromatic heterocycles. The number of methoxy groups -OCH3 is 1. The average molecular weight is 313 g/mol. The maximum Gasteiger partial charge on any atom is 0.160 e. The molecule has 5 nitrogen and oxygen atoms in total. The van der Waals surface area contributed by atoms with Crippen LogP contribution < -0.4 is 4.74 Å². The highest BCUT2D eigenvalue weighted by atomic mass is 16.5. The van der Waals surface area contributed by atoms with E-state index in [1.54, 1.807) is 7.11 Å². The summed E-state index contributed by atoms with van der Waals surface area (Å²) in [5.41, 5.74) is 5.26. The molecule has 4 rings (SSSR count). The molecule has 2 aliphatic rings. The van der Waals surface area contributed by atoms with Gasteiger partial charge in [-0.15, -0.1) is 0 Å². The molecule has 1 saturated carbocycles. The van der Waals surface area contributed by atoms with Gasteiger partial charge >= 0.3 is 0 Å². The number of ether oxygens (including phenoxy) is 1. The summed E-state index contributed by atoms with van der Waals surface area (Å²) >= 11 is 0. The number of phenols is 1. The van der Waals surface area contributed by atoms with Crippen LogP contribution in [0.25, 0.3) is 0 Å². The Balaban J connectivity index is 1.54. The standard InChI is InChI=1S/C18H23N3O2/c1-20-18(12-3-4-12)15(9-19-20)11-21-6-5-13-7-16(22)17(23-2)8-14(13)10-21/h7-9,12,22H,3-6,10-11H2,1-2H3. The summed E-state index contributed by atoms with van der Waals surface area (Å²) in [6.07, 6.45) is 5.59. The fraction of sp³-hybridized carbons (Fsp3) is 0.500. The van der Waals surface area contributed by atoms with E-state index >= 15 is 0 Å². The van der Waals surface area contributed by atoms with Crippen LogP contribution in [0.3, 0.4) is 0 Å². The van der Waals surface area contributed by atoms with Gasteiger partial charge in [-0.2, -0.15) is 5.10 Å². The van der Waals surface area contributed by atoms with Gasteiger partial charge in [-0.25, -0.2) is 0 Å². The Labute approximate surface area is 136 Å². The van der Waals surface area contributed by atoms with Crippen molar-refractivity contribution in [1.29, 1.82) is 0 Å². The summed E-state index contributed by atoms with van der Waals surface area (Å²) < 4.78 is 7.29. The molecule has 122 valence electrons. The second-order valence-corrected chi connectivity index (χ2v) is 6.71. The van der Waals surface area contributed by atoms with E-state index in [4.69, 9.17) is 4.74 Å². The zero-order chi connectivity index (χ0) is 16.0. The molecule has 1 aliphatic carbocycles. The Morgan fingerprint density at radius 3 is 2.87 bits per heavy atom. The minimum Gasteiger partial charge on any atom is -0.504 e. The predicted octanol–water partition coefficient (Wildman–Crippen LogP) is 2.57. The van der Waals surface area contributed by atoms with Crippen molar-refractivity contribution in [1.82, 2.24) is 14.7 Å². The number of benzene rings is 1. The maximum absolute atomic E-state index is 9.93. The molecule has 0 unspecified atom stereocenters. The van der Waals surface area contributed by atoms with Crippen LogP contribution in [0.5, 0.6) is 11.5 Å². The van der Waals surface area contributed by atoms with Gasteiger partial charge in [0.2, 0.25) is 0 Å². The molecule has 2 aromatic rings. The third-order valence-electron chi connectivity index (χ3n) is 5.01. The highest BCUT2D eigenvalue weighted by Crippen LogP contribution is 2.42. The lowest BCUT2D eigenvalue weighted by Crippen LogP contribution is -2.30. The first kappa shape index (κ1) is 14.6. The Morgan fingerprint density at radius 2 is 2.13 bits per heavy atom. The molecular weight excluding hydrogens is 290 g/mol. The van der Waals surface area contributed by atoms with Crippen LogP contribution in [0.2, 0.25) is 0 Å². The second kappa shape index (κ2) is 5.57. The van der Waals surface area contributed by atoms with E-state index in [0.29, 0.717) is 11.7 Å². The molecule has 0 radical (unpaired) electrons. The van der Waals surface area contributed by atoms with Gasteiger partial charge in [0, 0.05) is 43.9 Å². The van der Waals surface area contributed by atoms with E-state index in [1.165, 1.54) is 35.2 Å². The lowest BCUT2D eigenvalue weighted by molar-refractivity contribution is 0.243. The Kier molecular flexibility index (Phi) is 3.53. The minimum absolute atomic E-state index is 0.239. The van der Waals surface area contributed by atoms with Crippen molar-refractivity contribution in [2.45, 2.75) is 38.3 Å². The second-order valence-electron chi connectivity index (χ2n) is 6.71. The zero-order valence-electron chi connectivity index (χ0n) is 13.7. The number of phenolic OH excluding ortho intramolecular Hbond substituents is 1. The van der Waals surface area contributed by atoms with Crippen molar-refractivity contribution in [3.63, 3.8) is 0 Å². The van der Waals surface area contributed by atoms with E-state index in [9.17, 15) is 5.11 Å². The fourth-order valence-corrected chi connectivity index (χ4v) is 3.67. The Hall–Kier alpha value is -2.01. The van der Waals surface area contributed by atoms with Crippen LogP contribution in [0, 0.1) is 0 Å². The average Bonchev–Trinajstić information content (AvgIpc) is 3.31. The zero-order valence-corrected chi connectivity index (χ0v) is 13.7. The molecular formula is C18H23N3O2. The third-order valence-corrected chi connectivity index (χ3v) is 5.01. The Bertz CT molecular complexity index is 734. The van der Waals surface area contributed by atoms with E-state index < -0.39 is 0 Å². The van der Waals surface area contributed by atoms with Gasteiger partial charge in [0.1, 0.15) is 0 Å². The van der Waals surface area contributed by atoms with Gasteiger partial charge in [0.15, 0.2) is 11.5 Å². The molecule has 2 heterocycles. The number of aromatic hydroxyl groups is 1. The van der Waals surface area contributed by atoms with Gasteiger partial charge in [0.05, 0.1) is 13.3 Å². The largest absolute Gasteiger partial charge is 0.504 e. The summed E-state index contributed by atoms with van der Waals surface area (Å²) in [5.74, 6) is 1.51. The number of rotatable bonds is 4. The molecule has 0 spiro atoms. The van der Waals surface area contributed by atoms with Crippen LogP contribution in [0.1, 0.15) is 41.1 Å². The van der Waals surface area contributed by atoms with Gasteiger partial charge < -0.3 is 9.84 Å². The summed E-state index contributed by atoms with van der Waals surface area (Å²) in [7, 11) is 3.65. The SMILES string of the molecule is COc1cc2c(cc1O)CCN(Cc1cnn(C)c1C1CC1)C2. The van der Waals surface area contributed by atoms with Crippen LogP contribution in [-0.2, 0) is 26.6 Å². The predicted molar refractivity (Wildman–Crippen MR) is 87.7 cm³/mol. The number of aryl methyl sites for hydroxylation is 1. The molecule has 0 atom stereocenters. The Morgan fingerprint density at radius 1 is 1.30 bits per heavy atom. The maximum atomic E-state index is 9.93. The summed E-state index contributed by atoms with van der Waals surface area (Å²) in [6, 6.07) is 3.83. The summed E-state index contributed by atoms with van der Waals surface area (Å²) in [6.45, 7) is 2.85. The number of aromatic nitrogens is 2. The smallest absolute Gasteiger partial charge is 0.160 e. The van der Waals surface area contributed by atoms with Crippen molar-refractivity contribution in [3.8, 4) is 11.5 Å². The van der Waals surface area contributed by atoms with Gasteiger partial charge in [-0.3, -0.25) is 9.58 Å². The number of hydrogen-bond donors (Lipinski definition) is 1. The summed E-state index contributed by atoms with van der Waals surface area (Å²) in [4.78, 5) is 2.46. The van der Waals surface area contributed by atoms with Crippen LogP contribution >= 0.6 is 0 Å². The van der Waals surface area contributed by atoms with E-state index in [2.05, 4.69) is 17.0 Å². The van der Waals surface area contributed by atoms with E-state index in [-0.39, 0.29) is 5.75 Å². The molecule has 1 aliphatic heterocycles. The van der Waals surface area contributed by atoms with E-state index in [1.807, 2.05) is 23.0 Å². The first-order chi connectivity index (χ1) is 11.2. The van der Waals surface area contributed by atoms with Crippen molar-refractivity contribution < 1.29 is 9.84 Å². The minimum atomic E-state index is 0.239. The van der Waals surface area contributed by atoms with E-state index in [0.717, 1.165) is 26.1 Å². The van der Waals surface area contributed by atoms with Crippen LogP contribution in [0.4, 0.5) is 0 Å². The molecule has 23 heavy (non-hydrogen) atoms. The first-order valence-corrected chi connectivity index (χ1v) is 8.27. The van der Waals surface area contributed by atoms with Crippen LogP contribution in [0.15, 0.2) is 18.3 Å². The van der Waals surface area contributed by atoms with Crippen LogP contribution in [-0.4, -0.2) is 33.4 Å². The van der Waals surface area contributed by atoms with Crippen molar-refractivity contribution in [2.75, 3.05) is 13.7 Å². The van der Waals surface area contributed by atoms with Gasteiger partial charge in [-0.1, -0.05) is 0 Å². The number of hydrogen-bond acceptors (Lipinski definition) is 4. The molecule has 0 bridgehead atoms. The highest BCUT2D eigenvalue weighted by Gasteiger charge is 2.30. The molecule has 5 heteroatoms. The molecule has 1 N–H and O–H groups in total. The normalized spacial score (nSPS) is 18.0. The van der Waals surface area contributed by atoms with Crippen molar-refractivity contribution >= 4 is 0 Å². The molecule has 1 aromatic carbocycles. The first-order valence-electron chi connectivity index (χ1n) is 8.27. The molecule has 0 saturated heterocycles. The topological polar surface area (TPSA) is 50.5 Å². The van der Waals surface area contributed by atoms with Gasteiger partial charge in [0.25, 0.3) is 0 Å². The van der Waals surface area contributed by atoms with Crippen molar-refractivity contribution in [3.05, 3.63) is 40.7 Å². The highest BCUT2D eigenvalue weighted by molar-refractivity contribution is 5.47. The fourth-order valence-electron chi connectivity index (χ4n) is 3.67. The van der Waals surface area contributed by atoms with Gasteiger partial charge in [-0.05, 0) is 42.5 Å². The molecule has 1 fully saturated rings. The number of fused-ring (bicyclic) bond motifs is 1. The monoisotopic (exact) mass is 313 g/mol. The lowest BCUT2D eigenvalue weighted by atomic mass is 9.98. The number of nitrogens with zero attached hydrogens (tertiary/aromatic N) is 3. The quantitative estimate of drug-likeness (QED) is 0.942. The summed E-state index contributed by atoms with van der Waals surface area (Å²) in [5, 5.41) is 14.4.